The number of benzene rings is 3. The first kappa shape index (κ1) is 25.4. The Hall–Kier alpha value is -3.20. The van der Waals surface area contributed by atoms with Gasteiger partial charge in [0.1, 0.15) is 4.90 Å². The van der Waals surface area contributed by atoms with Crippen molar-refractivity contribution < 1.29 is 22.7 Å². The van der Waals surface area contributed by atoms with E-state index in [0.29, 0.717) is 5.69 Å². The Kier molecular flexibility index (Phi) is 8.44. The average Bonchev–Trinajstić information content (AvgIpc) is 2.84. The molecule has 178 valence electrons. The number of amides is 1. The molecule has 0 fully saturated rings. The third kappa shape index (κ3) is 6.66. The molecule has 0 saturated carbocycles. The summed E-state index contributed by atoms with van der Waals surface area (Å²) in [5.74, 6) is -1.36. The lowest BCUT2D eigenvalue weighted by Gasteiger charge is -2.15. The van der Waals surface area contributed by atoms with Crippen LogP contribution in [0, 0.1) is 0 Å². The maximum Gasteiger partial charge on any atom is 0.338 e. The Morgan fingerprint density at radius 3 is 2.29 bits per heavy atom. The lowest BCUT2D eigenvalue weighted by molar-refractivity contribution is -0.123. The molecule has 34 heavy (non-hydrogen) atoms. The first-order valence-electron chi connectivity index (χ1n) is 10.6. The molecule has 3 aromatic carbocycles. The molecular weight excluding hydrogens is 476 g/mol. The highest BCUT2D eigenvalue weighted by molar-refractivity contribution is 7.89. The monoisotopic (exact) mass is 500 g/mol. The van der Waals surface area contributed by atoms with Gasteiger partial charge in [0.05, 0.1) is 10.6 Å². The third-order valence-electron chi connectivity index (χ3n) is 5.05. The quantitative estimate of drug-likeness (QED) is 0.419. The van der Waals surface area contributed by atoms with E-state index < -0.39 is 28.0 Å². The number of carbonyl (C=O) groups is 2. The maximum atomic E-state index is 12.8. The minimum absolute atomic E-state index is 0.0431. The molecule has 0 spiro atoms. The Bertz CT molecular complexity index is 1260. The summed E-state index contributed by atoms with van der Waals surface area (Å²) in [4.78, 5) is 24.8. The zero-order chi connectivity index (χ0) is 24.7. The zero-order valence-corrected chi connectivity index (χ0v) is 20.3. The number of aryl methyl sites for hydroxylation is 1. The summed E-state index contributed by atoms with van der Waals surface area (Å²) in [5.41, 5.74) is 2.43. The van der Waals surface area contributed by atoms with E-state index >= 15 is 0 Å². The van der Waals surface area contributed by atoms with Crippen LogP contribution in [-0.2, 0) is 32.5 Å². The van der Waals surface area contributed by atoms with E-state index in [1.54, 1.807) is 36.4 Å². The minimum atomic E-state index is -4.01. The van der Waals surface area contributed by atoms with Crippen LogP contribution in [0.25, 0.3) is 0 Å². The fourth-order valence-electron chi connectivity index (χ4n) is 3.04. The van der Waals surface area contributed by atoms with Crippen LogP contribution >= 0.6 is 11.6 Å². The molecule has 0 radical (unpaired) electrons. The number of rotatable bonds is 9. The van der Waals surface area contributed by atoms with Gasteiger partial charge in [-0.2, -0.15) is 0 Å². The van der Waals surface area contributed by atoms with E-state index in [9.17, 15) is 18.0 Å². The molecule has 0 heterocycles. The summed E-state index contributed by atoms with van der Waals surface area (Å²) in [6, 6.07) is 20.1. The van der Waals surface area contributed by atoms with Crippen molar-refractivity contribution in [3.63, 3.8) is 0 Å². The number of esters is 1. The first-order chi connectivity index (χ1) is 16.2. The number of halogens is 1. The molecule has 1 amide bonds. The standard InChI is InChI=1S/C25H25ClN2O5S/c1-3-18-9-12-21(13-10-18)28-24(29)17(2)33-25(30)20-11-14-22(26)23(15-20)34(31,32)27-16-19-7-5-4-6-8-19/h4-15,17,27H,3,16H2,1-2H3,(H,28,29). The van der Waals surface area contributed by atoms with Crippen LogP contribution in [0.4, 0.5) is 5.69 Å². The van der Waals surface area contributed by atoms with E-state index in [1.165, 1.54) is 19.1 Å². The highest BCUT2D eigenvalue weighted by atomic mass is 35.5. The molecule has 3 aromatic rings. The van der Waals surface area contributed by atoms with Crippen molar-refractivity contribution in [2.75, 3.05) is 5.32 Å². The summed E-state index contributed by atoms with van der Waals surface area (Å²) < 4.78 is 33.2. The van der Waals surface area contributed by atoms with Gasteiger partial charge in [-0.1, -0.05) is 61.0 Å². The molecule has 1 unspecified atom stereocenters. The molecule has 9 heteroatoms. The second-order valence-corrected chi connectivity index (χ2v) is 9.69. The number of nitrogens with one attached hydrogen (secondary N) is 2. The third-order valence-corrected chi connectivity index (χ3v) is 6.93. The van der Waals surface area contributed by atoms with E-state index in [0.717, 1.165) is 23.6 Å². The lowest BCUT2D eigenvalue weighted by atomic mass is 10.1. The van der Waals surface area contributed by atoms with E-state index in [2.05, 4.69) is 10.0 Å². The topological polar surface area (TPSA) is 102 Å². The molecule has 1 atom stereocenters. The smallest absolute Gasteiger partial charge is 0.338 e. The highest BCUT2D eigenvalue weighted by Gasteiger charge is 2.23. The van der Waals surface area contributed by atoms with Gasteiger partial charge in [0.15, 0.2) is 6.10 Å². The number of hydrogen-bond donors (Lipinski definition) is 2. The molecule has 3 rings (SSSR count). The highest BCUT2D eigenvalue weighted by Crippen LogP contribution is 2.24. The lowest BCUT2D eigenvalue weighted by Crippen LogP contribution is -2.30. The summed E-state index contributed by atoms with van der Waals surface area (Å²) in [7, 11) is -4.01. The molecule has 2 N–H and O–H groups in total. The molecular formula is C25H25ClN2O5S. The van der Waals surface area contributed by atoms with Crippen molar-refractivity contribution in [1.29, 1.82) is 0 Å². The number of anilines is 1. The normalized spacial score (nSPS) is 12.1. The number of ether oxygens (including phenoxy) is 1. The van der Waals surface area contributed by atoms with Gasteiger partial charge < -0.3 is 10.1 Å². The van der Waals surface area contributed by atoms with E-state index in [4.69, 9.17) is 16.3 Å². The van der Waals surface area contributed by atoms with Crippen LogP contribution in [0.1, 0.15) is 35.3 Å². The van der Waals surface area contributed by atoms with Crippen LogP contribution in [0.15, 0.2) is 77.7 Å². The largest absolute Gasteiger partial charge is 0.449 e. The van der Waals surface area contributed by atoms with Gasteiger partial charge in [-0.15, -0.1) is 0 Å². The van der Waals surface area contributed by atoms with Gasteiger partial charge in [-0.05, 0) is 54.8 Å². The summed E-state index contributed by atoms with van der Waals surface area (Å²) in [6.45, 7) is 3.52. The summed E-state index contributed by atoms with van der Waals surface area (Å²) >= 11 is 6.10. The van der Waals surface area contributed by atoms with Gasteiger partial charge in [-0.3, -0.25) is 4.79 Å². The molecule has 0 aliphatic heterocycles. The average molecular weight is 501 g/mol. The SMILES string of the molecule is CCc1ccc(NC(=O)C(C)OC(=O)c2ccc(Cl)c(S(=O)(=O)NCc3ccccc3)c2)cc1. The van der Waals surface area contributed by atoms with Crippen molar-refractivity contribution in [3.8, 4) is 0 Å². The number of carbonyl (C=O) groups excluding carboxylic acids is 2. The zero-order valence-electron chi connectivity index (χ0n) is 18.7. The van der Waals surface area contributed by atoms with Gasteiger partial charge in [0.25, 0.3) is 5.91 Å². The van der Waals surface area contributed by atoms with Gasteiger partial charge in [0.2, 0.25) is 10.0 Å². The predicted octanol–water partition coefficient (Wildman–Crippen LogP) is 4.56. The van der Waals surface area contributed by atoms with Crippen molar-refractivity contribution in [1.82, 2.24) is 4.72 Å². The van der Waals surface area contributed by atoms with Gasteiger partial charge >= 0.3 is 5.97 Å². The first-order valence-corrected chi connectivity index (χ1v) is 12.5. The Balaban J connectivity index is 1.67. The van der Waals surface area contributed by atoms with E-state index in [-0.39, 0.29) is 22.0 Å². The number of sulfonamides is 1. The van der Waals surface area contributed by atoms with Crippen molar-refractivity contribution in [3.05, 3.63) is 94.5 Å². The second kappa shape index (κ2) is 11.3. The van der Waals surface area contributed by atoms with Crippen LogP contribution in [0.2, 0.25) is 5.02 Å². The maximum absolute atomic E-state index is 12.8. The molecule has 0 aliphatic rings. The molecule has 0 aliphatic carbocycles. The minimum Gasteiger partial charge on any atom is -0.449 e. The summed E-state index contributed by atoms with van der Waals surface area (Å²) in [5, 5.41) is 2.64. The fourth-order valence-corrected chi connectivity index (χ4v) is 4.58. The molecule has 0 saturated heterocycles. The number of hydrogen-bond acceptors (Lipinski definition) is 5. The van der Waals surface area contributed by atoms with Crippen LogP contribution in [0.3, 0.4) is 0 Å². The predicted molar refractivity (Wildman–Crippen MR) is 131 cm³/mol. The van der Waals surface area contributed by atoms with Gasteiger partial charge in [-0.25, -0.2) is 17.9 Å². The van der Waals surface area contributed by atoms with Crippen LogP contribution in [0.5, 0.6) is 0 Å². The molecule has 0 bridgehead atoms. The second-order valence-electron chi connectivity index (χ2n) is 7.54. The van der Waals surface area contributed by atoms with Gasteiger partial charge in [0, 0.05) is 12.2 Å². The molecule has 0 aromatic heterocycles. The van der Waals surface area contributed by atoms with E-state index in [1.807, 2.05) is 25.1 Å². The fraction of sp³-hybridized carbons (Fsp3) is 0.200. The Labute approximate surface area is 204 Å². The Morgan fingerprint density at radius 2 is 1.65 bits per heavy atom. The van der Waals surface area contributed by atoms with Crippen LogP contribution < -0.4 is 10.0 Å². The summed E-state index contributed by atoms with van der Waals surface area (Å²) in [6.07, 6.45) is -0.228. The molecule has 7 nitrogen and oxygen atoms in total. The van der Waals surface area contributed by atoms with Crippen molar-refractivity contribution in [2.45, 2.75) is 37.8 Å². The van der Waals surface area contributed by atoms with Crippen molar-refractivity contribution in [2.24, 2.45) is 0 Å². The van der Waals surface area contributed by atoms with Crippen LogP contribution in [-0.4, -0.2) is 26.4 Å². The Morgan fingerprint density at radius 1 is 0.971 bits per heavy atom. The van der Waals surface area contributed by atoms with Crippen molar-refractivity contribution >= 4 is 39.2 Å².